The average molecular weight is 419 g/mol. The summed E-state index contributed by atoms with van der Waals surface area (Å²) in [6.45, 7) is 3.93. The van der Waals surface area contributed by atoms with Crippen LogP contribution in [-0.4, -0.2) is 46.2 Å². The molecule has 0 unspecified atom stereocenters. The zero-order chi connectivity index (χ0) is 20.9. The summed E-state index contributed by atoms with van der Waals surface area (Å²) in [5, 5.41) is 4.81. The van der Waals surface area contributed by atoms with Gasteiger partial charge in [0.15, 0.2) is 0 Å². The summed E-state index contributed by atoms with van der Waals surface area (Å²) < 4.78 is 7.77. The number of carbonyl (C=O) groups excluding carboxylic acids is 2. The first-order valence-electron chi connectivity index (χ1n) is 9.80. The van der Waals surface area contributed by atoms with Crippen molar-refractivity contribution < 1.29 is 14.3 Å². The fraction of sp³-hybridized carbons (Fsp3) is 0.476. The molecular formula is C21H27ClN4O3. The van der Waals surface area contributed by atoms with Gasteiger partial charge in [-0.25, -0.2) is 0 Å². The van der Waals surface area contributed by atoms with Crippen LogP contribution in [-0.2, 0) is 16.1 Å². The maximum atomic E-state index is 12.8. The maximum absolute atomic E-state index is 12.8. The minimum Gasteiger partial charge on any atom is -0.493 e. The maximum Gasteiger partial charge on any atom is 0.224 e. The zero-order valence-electron chi connectivity index (χ0n) is 16.6. The molecule has 2 aromatic rings. The van der Waals surface area contributed by atoms with Crippen LogP contribution >= 0.6 is 11.6 Å². The molecule has 0 saturated carbocycles. The largest absolute Gasteiger partial charge is 0.493 e. The summed E-state index contributed by atoms with van der Waals surface area (Å²) in [5.74, 6) is 0.302. The average Bonchev–Trinajstić information content (AvgIpc) is 3.09. The first-order valence-corrected chi connectivity index (χ1v) is 10.2. The molecule has 0 aliphatic carbocycles. The van der Waals surface area contributed by atoms with E-state index in [1.165, 1.54) is 0 Å². The summed E-state index contributed by atoms with van der Waals surface area (Å²) in [6.07, 6.45) is 3.85. The van der Waals surface area contributed by atoms with Gasteiger partial charge in [-0.05, 0) is 44.0 Å². The van der Waals surface area contributed by atoms with E-state index in [-0.39, 0.29) is 18.2 Å². The molecule has 1 aromatic carbocycles. The first-order chi connectivity index (χ1) is 13.9. The van der Waals surface area contributed by atoms with Crippen LogP contribution < -0.4 is 10.5 Å². The number of hydrogen-bond acceptors (Lipinski definition) is 4. The van der Waals surface area contributed by atoms with Crippen molar-refractivity contribution in [2.45, 2.75) is 39.2 Å². The van der Waals surface area contributed by atoms with Crippen LogP contribution in [0.1, 0.15) is 31.4 Å². The van der Waals surface area contributed by atoms with E-state index < -0.39 is 5.41 Å². The molecule has 2 amide bonds. The molecule has 1 aliphatic heterocycles. The molecule has 8 heteroatoms. The first kappa shape index (κ1) is 21.2. The lowest BCUT2D eigenvalue weighted by molar-refractivity contribution is -0.137. The molecule has 1 atom stereocenters. The molecule has 1 aromatic heterocycles. The zero-order valence-corrected chi connectivity index (χ0v) is 17.4. The highest BCUT2D eigenvalue weighted by Gasteiger charge is 2.39. The molecule has 29 heavy (non-hydrogen) atoms. The fourth-order valence-electron chi connectivity index (χ4n) is 3.89. The van der Waals surface area contributed by atoms with Crippen LogP contribution in [0.3, 0.4) is 0 Å². The molecule has 1 aliphatic rings. The molecule has 156 valence electrons. The Morgan fingerprint density at radius 2 is 2.17 bits per heavy atom. The number of nitrogens with zero attached hydrogens (tertiary/aromatic N) is 3. The van der Waals surface area contributed by atoms with Gasteiger partial charge >= 0.3 is 0 Å². The van der Waals surface area contributed by atoms with Crippen molar-refractivity contribution in [1.29, 1.82) is 0 Å². The third kappa shape index (κ3) is 5.73. The van der Waals surface area contributed by atoms with Crippen LogP contribution in [0.4, 0.5) is 0 Å². The number of ether oxygens (including phenoxy) is 1. The van der Waals surface area contributed by atoms with Crippen LogP contribution in [0.5, 0.6) is 5.75 Å². The third-order valence-corrected chi connectivity index (χ3v) is 5.61. The van der Waals surface area contributed by atoms with Crippen LogP contribution in [0, 0.1) is 12.3 Å². The van der Waals surface area contributed by atoms with Crippen molar-refractivity contribution in [3.63, 3.8) is 0 Å². The Kier molecular flexibility index (Phi) is 6.79. The summed E-state index contributed by atoms with van der Waals surface area (Å²) in [7, 11) is 0. The van der Waals surface area contributed by atoms with E-state index in [0.717, 1.165) is 18.5 Å². The standard InChI is InChI=1S/C21H27ClN4O3/c1-16-6-9-24-26(16)11-7-20(28)25-10-3-8-21(14-25,13-19(23)27)15-29-18-5-2-4-17(22)12-18/h2,4-6,9,12H,3,7-8,10-11,13-15H2,1H3,(H2,23,27)/t21-/m1/s1. The molecule has 2 heterocycles. The van der Waals surface area contributed by atoms with E-state index >= 15 is 0 Å². The highest BCUT2D eigenvalue weighted by Crippen LogP contribution is 2.35. The number of aromatic nitrogens is 2. The molecule has 3 rings (SSSR count). The van der Waals surface area contributed by atoms with Gasteiger partial charge in [0.05, 0.1) is 6.61 Å². The third-order valence-electron chi connectivity index (χ3n) is 5.37. The van der Waals surface area contributed by atoms with E-state index in [2.05, 4.69) is 5.10 Å². The minimum atomic E-state index is -0.496. The topological polar surface area (TPSA) is 90.4 Å². The monoisotopic (exact) mass is 418 g/mol. The van der Waals surface area contributed by atoms with Crippen molar-refractivity contribution in [2.75, 3.05) is 19.7 Å². The molecule has 0 radical (unpaired) electrons. The Morgan fingerprint density at radius 1 is 1.34 bits per heavy atom. The number of aryl methyl sites for hydroxylation is 2. The van der Waals surface area contributed by atoms with Gasteiger partial charge in [-0.2, -0.15) is 5.10 Å². The van der Waals surface area contributed by atoms with Gasteiger partial charge in [0.1, 0.15) is 5.75 Å². The normalized spacial score (nSPS) is 19.2. The van der Waals surface area contributed by atoms with Crippen molar-refractivity contribution in [2.24, 2.45) is 11.1 Å². The molecular weight excluding hydrogens is 392 g/mol. The van der Waals surface area contributed by atoms with Gasteiger partial charge in [0.25, 0.3) is 0 Å². The highest BCUT2D eigenvalue weighted by molar-refractivity contribution is 6.30. The smallest absolute Gasteiger partial charge is 0.224 e. The van der Waals surface area contributed by atoms with Gasteiger partial charge in [0, 0.05) is 54.8 Å². The van der Waals surface area contributed by atoms with Crippen LogP contribution in [0.15, 0.2) is 36.5 Å². The van der Waals surface area contributed by atoms with Gasteiger partial charge in [-0.1, -0.05) is 17.7 Å². The number of amides is 2. The van der Waals surface area contributed by atoms with Crippen LogP contribution in [0.2, 0.25) is 5.02 Å². The van der Waals surface area contributed by atoms with Crippen molar-refractivity contribution in [3.05, 3.63) is 47.2 Å². The molecule has 0 bridgehead atoms. The number of likely N-dealkylation sites (tertiary alicyclic amines) is 1. The number of halogens is 1. The van der Waals surface area contributed by atoms with Crippen molar-refractivity contribution in [3.8, 4) is 5.75 Å². The molecule has 0 spiro atoms. The fourth-order valence-corrected chi connectivity index (χ4v) is 4.07. The highest BCUT2D eigenvalue weighted by atomic mass is 35.5. The Bertz CT molecular complexity index is 869. The Morgan fingerprint density at radius 3 is 2.86 bits per heavy atom. The summed E-state index contributed by atoms with van der Waals surface area (Å²) in [5.41, 5.74) is 6.06. The minimum absolute atomic E-state index is 0.0520. The second kappa shape index (κ2) is 9.31. The number of rotatable bonds is 8. The van der Waals surface area contributed by atoms with Crippen molar-refractivity contribution in [1.82, 2.24) is 14.7 Å². The molecule has 1 fully saturated rings. The predicted molar refractivity (Wildman–Crippen MR) is 111 cm³/mol. The Hall–Kier alpha value is -2.54. The Labute approximate surface area is 175 Å². The number of carbonyl (C=O) groups is 2. The van der Waals surface area contributed by atoms with E-state index in [4.69, 9.17) is 22.1 Å². The lowest BCUT2D eigenvalue weighted by atomic mass is 9.77. The lowest BCUT2D eigenvalue weighted by Gasteiger charge is -2.42. The number of hydrogen-bond donors (Lipinski definition) is 1. The van der Waals surface area contributed by atoms with Gasteiger partial charge in [0.2, 0.25) is 11.8 Å². The number of benzene rings is 1. The summed E-state index contributed by atoms with van der Waals surface area (Å²) >= 11 is 6.02. The molecule has 1 saturated heterocycles. The van der Waals surface area contributed by atoms with Crippen LogP contribution in [0.25, 0.3) is 0 Å². The second-order valence-corrected chi connectivity index (χ2v) is 8.19. The van der Waals surface area contributed by atoms with E-state index in [0.29, 0.717) is 43.4 Å². The summed E-state index contributed by atoms with van der Waals surface area (Å²) in [4.78, 5) is 26.4. The van der Waals surface area contributed by atoms with Gasteiger partial charge in [-0.15, -0.1) is 0 Å². The Balaban J connectivity index is 1.65. The number of nitrogens with two attached hydrogens (primary N) is 1. The van der Waals surface area contributed by atoms with E-state index in [9.17, 15) is 9.59 Å². The quantitative estimate of drug-likeness (QED) is 0.713. The molecule has 7 nitrogen and oxygen atoms in total. The van der Waals surface area contributed by atoms with E-state index in [1.54, 1.807) is 18.3 Å². The predicted octanol–water partition coefficient (Wildman–Crippen LogP) is 2.80. The number of piperidine rings is 1. The SMILES string of the molecule is Cc1ccnn1CCC(=O)N1CCC[C@@](COc2cccc(Cl)c2)(CC(N)=O)C1. The van der Waals surface area contributed by atoms with Gasteiger partial charge < -0.3 is 15.4 Å². The molecule has 2 N–H and O–H groups in total. The lowest BCUT2D eigenvalue weighted by Crippen LogP contribution is -2.50. The number of primary amides is 1. The second-order valence-electron chi connectivity index (χ2n) is 7.75. The van der Waals surface area contributed by atoms with Gasteiger partial charge in [-0.3, -0.25) is 14.3 Å². The summed E-state index contributed by atoms with van der Waals surface area (Å²) in [6, 6.07) is 9.05. The van der Waals surface area contributed by atoms with E-state index in [1.807, 2.05) is 34.7 Å². The van der Waals surface area contributed by atoms with Crippen molar-refractivity contribution >= 4 is 23.4 Å².